The first-order chi connectivity index (χ1) is 14.8. The standard InChI is InChI=1S/C24H36ClN3O4/c1-15(2)19-14-27(12-13-28(19)21(29)17-8-10-18(25)11-9-17)22(30)20(16(3)4)26-23(31)32-24(5,6)7/h8-11,15-16,19-20H,12-14H2,1-7H3,(H,26,31)/t19-,20-/m0/s1. The molecule has 2 atom stereocenters. The van der Waals surface area contributed by atoms with Crippen LogP contribution >= 0.6 is 11.6 Å². The summed E-state index contributed by atoms with van der Waals surface area (Å²) in [7, 11) is 0. The summed E-state index contributed by atoms with van der Waals surface area (Å²) in [6.07, 6.45) is -0.610. The lowest BCUT2D eigenvalue weighted by Crippen LogP contribution is -2.61. The van der Waals surface area contributed by atoms with Gasteiger partial charge in [0.2, 0.25) is 5.91 Å². The molecule has 0 aromatic heterocycles. The summed E-state index contributed by atoms with van der Waals surface area (Å²) in [5.74, 6) is -0.186. The number of carbonyl (C=O) groups is 3. The van der Waals surface area contributed by atoms with Crippen LogP contribution in [0.1, 0.15) is 58.8 Å². The molecule has 7 nitrogen and oxygen atoms in total. The molecule has 178 valence electrons. The summed E-state index contributed by atoms with van der Waals surface area (Å²) in [6.45, 7) is 14.4. The third kappa shape index (κ3) is 6.86. The Kier molecular flexibility index (Phi) is 8.57. The van der Waals surface area contributed by atoms with Crippen molar-refractivity contribution in [2.45, 2.75) is 66.2 Å². The van der Waals surface area contributed by atoms with Gasteiger partial charge in [-0.2, -0.15) is 0 Å². The number of hydrogen-bond donors (Lipinski definition) is 1. The largest absolute Gasteiger partial charge is 0.444 e. The number of rotatable bonds is 5. The fourth-order valence-corrected chi connectivity index (χ4v) is 3.86. The number of amides is 3. The first-order valence-electron chi connectivity index (χ1n) is 11.1. The summed E-state index contributed by atoms with van der Waals surface area (Å²) in [5, 5.41) is 3.31. The predicted molar refractivity (Wildman–Crippen MR) is 126 cm³/mol. The Balaban J connectivity index is 2.14. The molecule has 1 fully saturated rings. The second-order valence-corrected chi connectivity index (χ2v) is 10.4. The number of hydrogen-bond acceptors (Lipinski definition) is 4. The highest BCUT2D eigenvalue weighted by molar-refractivity contribution is 6.30. The van der Waals surface area contributed by atoms with E-state index >= 15 is 0 Å². The highest BCUT2D eigenvalue weighted by atomic mass is 35.5. The molecule has 32 heavy (non-hydrogen) atoms. The maximum atomic E-state index is 13.3. The van der Waals surface area contributed by atoms with Crippen LogP contribution in [-0.2, 0) is 9.53 Å². The number of piperazine rings is 1. The molecule has 8 heteroatoms. The summed E-state index contributed by atoms with van der Waals surface area (Å²) in [5.41, 5.74) is -0.0723. The van der Waals surface area contributed by atoms with Crippen molar-refractivity contribution in [2.24, 2.45) is 11.8 Å². The molecule has 1 N–H and O–H groups in total. The minimum Gasteiger partial charge on any atom is -0.444 e. The molecule has 1 aliphatic rings. The third-order valence-electron chi connectivity index (χ3n) is 5.46. The lowest BCUT2D eigenvalue weighted by atomic mass is 9.96. The van der Waals surface area contributed by atoms with Gasteiger partial charge in [-0.25, -0.2) is 4.79 Å². The molecule has 1 aromatic rings. The van der Waals surface area contributed by atoms with Gasteiger partial charge < -0.3 is 19.9 Å². The Morgan fingerprint density at radius 2 is 1.66 bits per heavy atom. The van der Waals surface area contributed by atoms with Crippen molar-refractivity contribution in [1.82, 2.24) is 15.1 Å². The van der Waals surface area contributed by atoms with Gasteiger partial charge in [0.25, 0.3) is 5.91 Å². The van der Waals surface area contributed by atoms with Crippen molar-refractivity contribution >= 4 is 29.5 Å². The fraction of sp³-hybridized carbons (Fsp3) is 0.625. The SMILES string of the molecule is CC(C)[C@H](NC(=O)OC(C)(C)C)C(=O)N1CCN(C(=O)c2ccc(Cl)cc2)[C@H](C(C)C)C1. The first-order valence-corrected chi connectivity index (χ1v) is 11.5. The van der Waals surface area contributed by atoms with E-state index in [4.69, 9.17) is 16.3 Å². The van der Waals surface area contributed by atoms with Gasteiger partial charge in [0, 0.05) is 30.2 Å². The van der Waals surface area contributed by atoms with Gasteiger partial charge in [-0.05, 0) is 56.9 Å². The minimum atomic E-state index is -0.698. The Morgan fingerprint density at radius 3 is 2.16 bits per heavy atom. The van der Waals surface area contributed by atoms with Gasteiger partial charge >= 0.3 is 6.09 Å². The van der Waals surface area contributed by atoms with Gasteiger partial charge in [-0.3, -0.25) is 9.59 Å². The predicted octanol–water partition coefficient (Wildman–Crippen LogP) is 4.20. The lowest BCUT2D eigenvalue weighted by molar-refractivity contribution is -0.137. The molecule has 2 rings (SSSR count). The second-order valence-electron chi connectivity index (χ2n) is 9.97. The van der Waals surface area contributed by atoms with E-state index in [2.05, 4.69) is 5.32 Å². The quantitative estimate of drug-likeness (QED) is 0.706. The molecule has 1 heterocycles. The van der Waals surface area contributed by atoms with E-state index in [9.17, 15) is 14.4 Å². The van der Waals surface area contributed by atoms with Gasteiger partial charge in [-0.15, -0.1) is 0 Å². The van der Waals surface area contributed by atoms with Crippen LogP contribution in [0.5, 0.6) is 0 Å². The zero-order valence-electron chi connectivity index (χ0n) is 20.1. The van der Waals surface area contributed by atoms with Crippen molar-refractivity contribution in [3.05, 3.63) is 34.9 Å². The van der Waals surface area contributed by atoms with Crippen LogP contribution in [0.2, 0.25) is 5.02 Å². The van der Waals surface area contributed by atoms with E-state index in [0.717, 1.165) is 0 Å². The van der Waals surface area contributed by atoms with Crippen LogP contribution < -0.4 is 5.32 Å². The van der Waals surface area contributed by atoms with Gasteiger partial charge in [0.05, 0.1) is 6.04 Å². The van der Waals surface area contributed by atoms with Crippen molar-refractivity contribution in [3.63, 3.8) is 0 Å². The summed E-state index contributed by atoms with van der Waals surface area (Å²) >= 11 is 5.95. The lowest BCUT2D eigenvalue weighted by Gasteiger charge is -2.44. The Labute approximate surface area is 196 Å². The van der Waals surface area contributed by atoms with Crippen LogP contribution in [-0.4, -0.2) is 65.0 Å². The summed E-state index contributed by atoms with van der Waals surface area (Å²) in [4.78, 5) is 42.3. The minimum absolute atomic E-state index is 0.0697. The van der Waals surface area contributed by atoms with Crippen LogP contribution in [0.25, 0.3) is 0 Å². The molecule has 0 aliphatic carbocycles. The Morgan fingerprint density at radius 1 is 1.06 bits per heavy atom. The van der Waals surface area contributed by atoms with Crippen molar-refractivity contribution in [2.75, 3.05) is 19.6 Å². The van der Waals surface area contributed by atoms with Crippen LogP contribution in [0.3, 0.4) is 0 Å². The number of nitrogens with one attached hydrogen (secondary N) is 1. The molecule has 0 radical (unpaired) electrons. The molecular formula is C24H36ClN3O4. The smallest absolute Gasteiger partial charge is 0.408 e. The highest BCUT2D eigenvalue weighted by Crippen LogP contribution is 2.22. The zero-order chi connectivity index (χ0) is 24.2. The number of nitrogens with zero attached hydrogens (tertiary/aromatic N) is 2. The fourth-order valence-electron chi connectivity index (χ4n) is 3.74. The third-order valence-corrected chi connectivity index (χ3v) is 5.71. The first kappa shape index (κ1) is 26.0. The molecule has 0 spiro atoms. The van der Waals surface area contributed by atoms with Crippen molar-refractivity contribution in [1.29, 1.82) is 0 Å². The van der Waals surface area contributed by atoms with Crippen molar-refractivity contribution < 1.29 is 19.1 Å². The number of benzene rings is 1. The van der Waals surface area contributed by atoms with Gasteiger partial charge in [0.1, 0.15) is 11.6 Å². The maximum absolute atomic E-state index is 13.3. The molecule has 0 saturated carbocycles. The highest BCUT2D eigenvalue weighted by Gasteiger charge is 2.38. The zero-order valence-corrected chi connectivity index (χ0v) is 20.9. The van der Waals surface area contributed by atoms with Crippen LogP contribution in [0.15, 0.2) is 24.3 Å². The van der Waals surface area contributed by atoms with Gasteiger partial charge in [-0.1, -0.05) is 39.3 Å². The van der Waals surface area contributed by atoms with Gasteiger partial charge in [0.15, 0.2) is 0 Å². The average molecular weight is 466 g/mol. The molecule has 3 amide bonds. The van der Waals surface area contributed by atoms with Crippen LogP contribution in [0, 0.1) is 11.8 Å². The summed E-state index contributed by atoms with van der Waals surface area (Å²) < 4.78 is 5.34. The number of carbonyl (C=O) groups excluding carboxylic acids is 3. The van der Waals surface area contributed by atoms with E-state index in [1.807, 2.05) is 32.6 Å². The Bertz CT molecular complexity index is 818. The molecule has 1 aromatic carbocycles. The van der Waals surface area contributed by atoms with E-state index in [1.54, 1.807) is 49.9 Å². The molecule has 1 saturated heterocycles. The topological polar surface area (TPSA) is 79.0 Å². The normalized spacial score (nSPS) is 18.0. The van der Waals surface area contributed by atoms with Crippen molar-refractivity contribution in [3.8, 4) is 0 Å². The summed E-state index contributed by atoms with van der Waals surface area (Å²) in [6, 6.07) is 6.02. The second kappa shape index (κ2) is 10.6. The van der Waals surface area contributed by atoms with E-state index in [1.165, 1.54) is 0 Å². The molecule has 0 bridgehead atoms. The van der Waals surface area contributed by atoms with E-state index in [0.29, 0.717) is 30.2 Å². The maximum Gasteiger partial charge on any atom is 0.408 e. The van der Waals surface area contributed by atoms with Crippen LogP contribution in [0.4, 0.5) is 4.79 Å². The molecule has 0 unspecified atom stereocenters. The number of alkyl carbamates (subject to hydrolysis) is 1. The Hall–Kier alpha value is -2.28. The molecule has 1 aliphatic heterocycles. The number of ether oxygens (including phenoxy) is 1. The van der Waals surface area contributed by atoms with E-state index < -0.39 is 17.7 Å². The van der Waals surface area contributed by atoms with E-state index in [-0.39, 0.29) is 29.7 Å². The molecular weight excluding hydrogens is 430 g/mol. The monoisotopic (exact) mass is 465 g/mol. The number of halogens is 1. The average Bonchev–Trinajstić information content (AvgIpc) is 2.69.